The van der Waals surface area contributed by atoms with Crippen LogP contribution in [-0.2, 0) is 27.7 Å². The number of nitrogens with zero attached hydrogens (tertiary/aromatic N) is 1. The minimum Gasteiger partial charge on any atom is -0.462 e. The van der Waals surface area contributed by atoms with Gasteiger partial charge in [0, 0.05) is 24.1 Å². The molecule has 0 bridgehead atoms. The van der Waals surface area contributed by atoms with Crippen LogP contribution in [0.15, 0.2) is 30.5 Å². The number of amides is 1. The van der Waals surface area contributed by atoms with Crippen LogP contribution in [-0.4, -0.2) is 35.6 Å². The molecule has 1 amide bonds. The summed E-state index contributed by atoms with van der Waals surface area (Å²) in [5.41, 5.74) is 2.55. The van der Waals surface area contributed by atoms with Crippen LogP contribution in [0.3, 0.4) is 0 Å². The molecule has 0 saturated carbocycles. The number of aryl methyl sites for hydroxylation is 1. The highest BCUT2D eigenvalue weighted by Crippen LogP contribution is 2.34. The third kappa shape index (κ3) is 5.02. The van der Waals surface area contributed by atoms with Gasteiger partial charge in [0.1, 0.15) is 9.88 Å². The maximum atomic E-state index is 12.9. The Bertz CT molecular complexity index is 1160. The van der Waals surface area contributed by atoms with E-state index >= 15 is 0 Å². The highest BCUT2D eigenvalue weighted by molar-refractivity contribution is 7.18. The minimum absolute atomic E-state index is 0.133. The van der Waals surface area contributed by atoms with Gasteiger partial charge in [0.05, 0.1) is 25.2 Å². The maximum Gasteiger partial charge on any atom is 0.348 e. The van der Waals surface area contributed by atoms with E-state index in [1.807, 2.05) is 55.9 Å². The summed E-state index contributed by atoms with van der Waals surface area (Å²) in [6.45, 7) is 7.71. The molecular weight excluding hydrogens is 428 g/mol. The molecule has 0 fully saturated rings. The van der Waals surface area contributed by atoms with Crippen molar-refractivity contribution >= 4 is 45.1 Å². The number of thiophene rings is 1. The summed E-state index contributed by atoms with van der Waals surface area (Å²) >= 11 is 1.04. The molecule has 2 aromatic heterocycles. The molecule has 3 rings (SSSR count). The van der Waals surface area contributed by atoms with E-state index in [9.17, 15) is 14.4 Å². The molecule has 0 spiro atoms. The Hall–Kier alpha value is -3.13. The van der Waals surface area contributed by atoms with Gasteiger partial charge in [-0.1, -0.05) is 32.0 Å². The van der Waals surface area contributed by atoms with Crippen molar-refractivity contribution in [1.82, 2.24) is 4.57 Å². The van der Waals surface area contributed by atoms with Crippen LogP contribution in [0, 0.1) is 12.8 Å². The Kier molecular flexibility index (Phi) is 7.35. The van der Waals surface area contributed by atoms with E-state index in [1.165, 1.54) is 0 Å². The molecule has 7 nitrogen and oxygen atoms in total. The molecule has 32 heavy (non-hydrogen) atoms. The zero-order valence-corrected chi connectivity index (χ0v) is 19.8. The monoisotopic (exact) mass is 456 g/mol. The molecule has 170 valence electrons. The Labute approximate surface area is 191 Å². The SMILES string of the molecule is CCOC(=O)c1c(NC(=O)Cc2cn(C)c3ccccc23)sc(C(=O)OCC(C)C)c1C. The van der Waals surface area contributed by atoms with E-state index in [-0.39, 0.29) is 41.9 Å². The molecule has 1 aromatic carbocycles. The van der Waals surface area contributed by atoms with Crippen LogP contribution in [0.25, 0.3) is 10.9 Å². The second kappa shape index (κ2) is 9.99. The maximum absolute atomic E-state index is 12.9. The molecular formula is C24H28N2O5S. The first-order chi connectivity index (χ1) is 15.2. The Morgan fingerprint density at radius 3 is 2.53 bits per heavy atom. The largest absolute Gasteiger partial charge is 0.462 e. The van der Waals surface area contributed by atoms with Crippen molar-refractivity contribution < 1.29 is 23.9 Å². The van der Waals surface area contributed by atoms with Gasteiger partial charge < -0.3 is 19.4 Å². The molecule has 0 aliphatic rings. The normalized spacial score (nSPS) is 11.1. The first kappa shape index (κ1) is 23.5. The molecule has 0 unspecified atom stereocenters. The number of hydrogen-bond donors (Lipinski definition) is 1. The number of benzene rings is 1. The number of para-hydroxylation sites is 1. The summed E-state index contributed by atoms with van der Waals surface area (Å²) in [7, 11) is 1.93. The number of aromatic nitrogens is 1. The van der Waals surface area contributed by atoms with Crippen molar-refractivity contribution in [2.45, 2.75) is 34.1 Å². The minimum atomic E-state index is -0.579. The Morgan fingerprint density at radius 2 is 1.84 bits per heavy atom. The van der Waals surface area contributed by atoms with Crippen LogP contribution >= 0.6 is 11.3 Å². The van der Waals surface area contributed by atoms with Gasteiger partial charge >= 0.3 is 11.9 Å². The van der Waals surface area contributed by atoms with Gasteiger partial charge in [-0.25, -0.2) is 9.59 Å². The summed E-state index contributed by atoms with van der Waals surface area (Å²) < 4.78 is 12.5. The number of nitrogens with one attached hydrogen (secondary N) is 1. The fourth-order valence-corrected chi connectivity index (χ4v) is 4.57. The van der Waals surface area contributed by atoms with Crippen molar-refractivity contribution in [1.29, 1.82) is 0 Å². The van der Waals surface area contributed by atoms with Gasteiger partial charge in [-0.3, -0.25) is 4.79 Å². The van der Waals surface area contributed by atoms with Crippen LogP contribution in [0.4, 0.5) is 5.00 Å². The van der Waals surface area contributed by atoms with Crippen LogP contribution in [0.2, 0.25) is 0 Å². The van der Waals surface area contributed by atoms with Gasteiger partial charge in [0.15, 0.2) is 0 Å². The van der Waals surface area contributed by atoms with Gasteiger partial charge in [-0.05, 0) is 37.0 Å². The molecule has 2 heterocycles. The lowest BCUT2D eigenvalue weighted by Gasteiger charge is -2.07. The zero-order chi connectivity index (χ0) is 23.4. The molecule has 0 saturated heterocycles. The molecule has 8 heteroatoms. The van der Waals surface area contributed by atoms with Crippen LogP contribution in [0.1, 0.15) is 51.9 Å². The van der Waals surface area contributed by atoms with Gasteiger partial charge in [0.25, 0.3) is 0 Å². The fourth-order valence-electron chi connectivity index (χ4n) is 3.46. The number of hydrogen-bond acceptors (Lipinski definition) is 6. The Balaban J connectivity index is 1.88. The van der Waals surface area contributed by atoms with E-state index in [2.05, 4.69) is 5.32 Å². The predicted molar refractivity (Wildman–Crippen MR) is 125 cm³/mol. The molecule has 0 radical (unpaired) electrons. The second-order valence-electron chi connectivity index (χ2n) is 7.98. The highest BCUT2D eigenvalue weighted by atomic mass is 32.1. The van der Waals surface area contributed by atoms with Crippen molar-refractivity contribution in [3.8, 4) is 0 Å². The first-order valence-electron chi connectivity index (χ1n) is 10.5. The van der Waals surface area contributed by atoms with Crippen molar-refractivity contribution in [3.63, 3.8) is 0 Å². The first-order valence-corrected chi connectivity index (χ1v) is 11.3. The highest BCUT2D eigenvalue weighted by Gasteiger charge is 2.27. The molecule has 3 aromatic rings. The second-order valence-corrected chi connectivity index (χ2v) is 9.00. The van der Waals surface area contributed by atoms with E-state index in [0.29, 0.717) is 10.6 Å². The molecule has 0 aliphatic heterocycles. The molecule has 0 atom stereocenters. The van der Waals surface area contributed by atoms with E-state index < -0.39 is 11.9 Å². The number of carbonyl (C=O) groups is 3. The number of fused-ring (bicyclic) bond motifs is 1. The predicted octanol–water partition coefficient (Wildman–Crippen LogP) is 4.72. The number of rotatable bonds is 8. The topological polar surface area (TPSA) is 86.6 Å². The summed E-state index contributed by atoms with van der Waals surface area (Å²) in [5, 5.41) is 4.11. The summed E-state index contributed by atoms with van der Waals surface area (Å²) in [5.74, 6) is -1.19. The smallest absolute Gasteiger partial charge is 0.348 e. The van der Waals surface area contributed by atoms with Crippen LogP contribution < -0.4 is 5.32 Å². The number of ether oxygens (including phenoxy) is 2. The van der Waals surface area contributed by atoms with E-state index in [1.54, 1.807) is 13.8 Å². The molecule has 0 aliphatic carbocycles. The van der Waals surface area contributed by atoms with Gasteiger partial charge in [0.2, 0.25) is 5.91 Å². The fraction of sp³-hybridized carbons (Fsp3) is 0.375. The lowest BCUT2D eigenvalue weighted by atomic mass is 10.1. The average Bonchev–Trinajstić information content (AvgIpc) is 3.23. The van der Waals surface area contributed by atoms with Crippen molar-refractivity contribution in [2.75, 3.05) is 18.5 Å². The number of carbonyl (C=O) groups excluding carboxylic acids is 3. The number of anilines is 1. The third-order valence-corrected chi connectivity index (χ3v) is 6.13. The lowest BCUT2D eigenvalue weighted by Crippen LogP contribution is -2.16. The third-order valence-electron chi connectivity index (χ3n) is 4.94. The van der Waals surface area contributed by atoms with E-state index in [0.717, 1.165) is 27.8 Å². The van der Waals surface area contributed by atoms with E-state index in [4.69, 9.17) is 9.47 Å². The van der Waals surface area contributed by atoms with Crippen molar-refractivity contribution in [2.24, 2.45) is 13.0 Å². The Morgan fingerprint density at radius 1 is 1.12 bits per heavy atom. The summed E-state index contributed by atoms with van der Waals surface area (Å²) in [6, 6.07) is 7.85. The van der Waals surface area contributed by atoms with Crippen molar-refractivity contribution in [3.05, 3.63) is 52.0 Å². The average molecular weight is 457 g/mol. The van der Waals surface area contributed by atoms with Gasteiger partial charge in [-0.15, -0.1) is 11.3 Å². The molecule has 1 N–H and O–H groups in total. The zero-order valence-electron chi connectivity index (χ0n) is 19.0. The van der Waals surface area contributed by atoms with Crippen LogP contribution in [0.5, 0.6) is 0 Å². The quantitative estimate of drug-likeness (QED) is 0.496. The standard InChI is InChI=1S/C24H28N2O5S/c1-6-30-23(28)20-15(4)21(24(29)31-13-14(2)3)32-22(20)25-19(27)11-16-12-26(5)18-10-8-7-9-17(16)18/h7-10,12,14H,6,11,13H2,1-5H3,(H,25,27). The lowest BCUT2D eigenvalue weighted by molar-refractivity contribution is -0.115. The van der Waals surface area contributed by atoms with Gasteiger partial charge in [-0.2, -0.15) is 0 Å². The summed E-state index contributed by atoms with van der Waals surface area (Å²) in [4.78, 5) is 38.3. The summed E-state index contributed by atoms with van der Waals surface area (Å²) in [6.07, 6.45) is 2.05. The number of esters is 2.